The molecule has 4 nitrogen and oxygen atoms in total. The first kappa shape index (κ1) is 16.9. The van der Waals surface area contributed by atoms with E-state index in [4.69, 9.17) is 4.74 Å². The molecule has 0 bridgehead atoms. The number of carbonyl (C=O) groups is 1. The van der Waals surface area contributed by atoms with Crippen molar-refractivity contribution < 1.29 is 9.53 Å². The summed E-state index contributed by atoms with van der Waals surface area (Å²) in [7, 11) is 2.02. The topological polar surface area (TPSA) is 32.8 Å². The minimum atomic E-state index is -0.0951. The fraction of sp³-hybridized carbons (Fsp3) is 0.688. The molecule has 1 unspecified atom stereocenters. The predicted molar refractivity (Wildman–Crippen MR) is 82.7 cm³/mol. The van der Waals surface area contributed by atoms with Gasteiger partial charge in [0, 0.05) is 25.7 Å². The van der Waals surface area contributed by atoms with Crippen molar-refractivity contribution in [1.82, 2.24) is 9.80 Å². The van der Waals surface area contributed by atoms with E-state index in [9.17, 15) is 4.79 Å². The number of rotatable bonds is 7. The van der Waals surface area contributed by atoms with Crippen LogP contribution < -0.4 is 0 Å². The minimum absolute atomic E-state index is 0.0951. The molecule has 0 aromatic carbocycles. The number of likely N-dealkylation sites (N-methyl/N-ethyl adjacent to an activating group) is 1. The van der Waals surface area contributed by atoms with Gasteiger partial charge in [-0.25, -0.2) is 0 Å². The lowest BCUT2D eigenvalue weighted by molar-refractivity contribution is -0.133. The van der Waals surface area contributed by atoms with Crippen LogP contribution in [0.4, 0.5) is 0 Å². The number of carbonyl (C=O) groups excluding carboxylic acids is 1. The van der Waals surface area contributed by atoms with Crippen molar-refractivity contribution in [1.29, 1.82) is 0 Å². The Kier molecular flexibility index (Phi) is 6.43. The van der Waals surface area contributed by atoms with E-state index in [-0.39, 0.29) is 11.5 Å². The Hall–Kier alpha value is -1.13. The van der Waals surface area contributed by atoms with Gasteiger partial charge in [-0.15, -0.1) is 13.2 Å². The molecule has 0 aliphatic carbocycles. The Labute approximate surface area is 123 Å². The van der Waals surface area contributed by atoms with Gasteiger partial charge in [0.25, 0.3) is 0 Å². The molecule has 0 aromatic rings. The van der Waals surface area contributed by atoms with E-state index in [2.05, 4.69) is 31.9 Å². The van der Waals surface area contributed by atoms with Gasteiger partial charge in [-0.1, -0.05) is 12.2 Å². The molecule has 1 saturated heterocycles. The number of ether oxygens (including phenoxy) is 1. The predicted octanol–water partition coefficient (Wildman–Crippen LogP) is 2.08. The van der Waals surface area contributed by atoms with Crippen LogP contribution in [0.2, 0.25) is 0 Å². The Balaban J connectivity index is 2.55. The molecule has 0 radical (unpaired) electrons. The molecule has 1 heterocycles. The number of hydrogen-bond donors (Lipinski definition) is 0. The molecule has 0 N–H and O–H groups in total. The summed E-state index contributed by atoms with van der Waals surface area (Å²) in [5, 5.41) is 0. The number of amides is 1. The van der Waals surface area contributed by atoms with Crippen molar-refractivity contribution in [2.75, 3.05) is 33.3 Å². The summed E-state index contributed by atoms with van der Waals surface area (Å²) >= 11 is 0. The molecule has 1 aliphatic rings. The van der Waals surface area contributed by atoms with Crippen LogP contribution in [-0.4, -0.2) is 60.6 Å². The lowest BCUT2D eigenvalue weighted by Gasteiger charge is -2.40. The maximum atomic E-state index is 12.3. The van der Waals surface area contributed by atoms with Crippen molar-refractivity contribution in [3.8, 4) is 0 Å². The Bertz CT molecular complexity index is 342. The summed E-state index contributed by atoms with van der Waals surface area (Å²) in [5.74, 6) is 0.122. The molecule has 1 atom stereocenters. The van der Waals surface area contributed by atoms with Crippen LogP contribution in [0.1, 0.15) is 26.7 Å². The highest BCUT2D eigenvalue weighted by Crippen LogP contribution is 2.26. The maximum absolute atomic E-state index is 12.3. The lowest BCUT2D eigenvalue weighted by atomic mass is 9.93. The Morgan fingerprint density at radius 3 is 2.45 bits per heavy atom. The van der Waals surface area contributed by atoms with Crippen molar-refractivity contribution in [3.05, 3.63) is 25.3 Å². The second-order valence-electron chi connectivity index (χ2n) is 6.05. The molecule has 0 aromatic heterocycles. The molecule has 0 saturated carbocycles. The van der Waals surface area contributed by atoms with Crippen LogP contribution in [0, 0.1) is 0 Å². The summed E-state index contributed by atoms with van der Waals surface area (Å²) in [6, 6.07) is 0.400. The quantitative estimate of drug-likeness (QED) is 0.669. The van der Waals surface area contributed by atoms with Crippen LogP contribution in [0.3, 0.4) is 0 Å². The van der Waals surface area contributed by atoms with Crippen molar-refractivity contribution in [3.63, 3.8) is 0 Å². The molecule has 1 aliphatic heterocycles. The number of hydrogen-bond acceptors (Lipinski definition) is 3. The normalized spacial score (nSPS) is 21.5. The number of nitrogens with zero attached hydrogens (tertiary/aromatic N) is 2. The highest BCUT2D eigenvalue weighted by Gasteiger charge is 2.31. The van der Waals surface area contributed by atoms with E-state index in [1.54, 1.807) is 17.1 Å². The molecule has 20 heavy (non-hydrogen) atoms. The minimum Gasteiger partial charge on any atom is -0.375 e. The van der Waals surface area contributed by atoms with Crippen LogP contribution >= 0.6 is 0 Å². The zero-order valence-electron chi connectivity index (χ0n) is 13.1. The molecule has 1 rings (SSSR count). The van der Waals surface area contributed by atoms with Crippen LogP contribution in [0.15, 0.2) is 25.3 Å². The SMILES string of the molecule is C=CCN(CC=C)C(=O)CN(C)C1CCOC(C)(C)C1. The van der Waals surface area contributed by atoms with Gasteiger partial charge in [-0.3, -0.25) is 9.69 Å². The van der Waals surface area contributed by atoms with E-state index in [1.807, 2.05) is 7.05 Å². The van der Waals surface area contributed by atoms with Gasteiger partial charge in [0.05, 0.1) is 12.1 Å². The summed E-state index contributed by atoms with van der Waals surface area (Å²) < 4.78 is 5.73. The molecule has 114 valence electrons. The zero-order chi connectivity index (χ0) is 15.2. The van der Waals surface area contributed by atoms with Crippen molar-refractivity contribution in [2.24, 2.45) is 0 Å². The average Bonchev–Trinajstić information content (AvgIpc) is 2.37. The molecule has 4 heteroatoms. The standard InChI is InChI=1S/C16H28N2O2/c1-6-9-18(10-7-2)15(19)13-17(5)14-8-11-20-16(3,4)12-14/h6-7,14H,1-2,8-13H2,3-5H3. The Morgan fingerprint density at radius 2 is 1.95 bits per heavy atom. The highest BCUT2D eigenvalue weighted by atomic mass is 16.5. The first-order valence-corrected chi connectivity index (χ1v) is 7.23. The van der Waals surface area contributed by atoms with Crippen molar-refractivity contribution >= 4 is 5.91 Å². The third-order valence-electron chi connectivity index (χ3n) is 3.73. The smallest absolute Gasteiger partial charge is 0.237 e. The fourth-order valence-electron chi connectivity index (χ4n) is 2.61. The second kappa shape index (κ2) is 7.60. The summed E-state index contributed by atoms with van der Waals surface area (Å²) in [5.41, 5.74) is -0.0951. The molecular weight excluding hydrogens is 252 g/mol. The average molecular weight is 280 g/mol. The van der Waals surface area contributed by atoms with Gasteiger partial charge >= 0.3 is 0 Å². The van der Waals surface area contributed by atoms with Gasteiger partial charge < -0.3 is 9.64 Å². The highest BCUT2D eigenvalue weighted by molar-refractivity contribution is 5.78. The first-order chi connectivity index (χ1) is 9.39. The zero-order valence-corrected chi connectivity index (χ0v) is 13.1. The van der Waals surface area contributed by atoms with E-state index in [0.29, 0.717) is 25.7 Å². The van der Waals surface area contributed by atoms with E-state index in [1.165, 1.54) is 0 Å². The maximum Gasteiger partial charge on any atom is 0.237 e. The monoisotopic (exact) mass is 280 g/mol. The fourth-order valence-corrected chi connectivity index (χ4v) is 2.61. The van der Waals surface area contributed by atoms with E-state index < -0.39 is 0 Å². The lowest BCUT2D eigenvalue weighted by Crippen LogP contribution is -2.48. The van der Waals surface area contributed by atoms with Crippen LogP contribution in [-0.2, 0) is 9.53 Å². The largest absolute Gasteiger partial charge is 0.375 e. The summed E-state index contributed by atoms with van der Waals surface area (Å²) in [6.45, 7) is 13.9. The summed E-state index contributed by atoms with van der Waals surface area (Å²) in [6.07, 6.45) is 5.44. The third-order valence-corrected chi connectivity index (χ3v) is 3.73. The first-order valence-electron chi connectivity index (χ1n) is 7.23. The molecule has 1 amide bonds. The molecule has 1 fully saturated rings. The van der Waals surface area contributed by atoms with Crippen LogP contribution in [0.5, 0.6) is 0 Å². The summed E-state index contributed by atoms with van der Waals surface area (Å²) in [4.78, 5) is 16.2. The van der Waals surface area contributed by atoms with Gasteiger partial charge in [0.1, 0.15) is 0 Å². The van der Waals surface area contributed by atoms with Crippen LogP contribution in [0.25, 0.3) is 0 Å². The third kappa shape index (κ3) is 5.10. The van der Waals surface area contributed by atoms with Gasteiger partial charge in [0.15, 0.2) is 0 Å². The molecular formula is C16H28N2O2. The van der Waals surface area contributed by atoms with Gasteiger partial charge in [0.2, 0.25) is 5.91 Å². The van der Waals surface area contributed by atoms with E-state index in [0.717, 1.165) is 19.4 Å². The van der Waals surface area contributed by atoms with Crippen molar-refractivity contribution in [2.45, 2.75) is 38.3 Å². The molecule has 0 spiro atoms. The van der Waals surface area contributed by atoms with Gasteiger partial charge in [-0.05, 0) is 33.7 Å². The Morgan fingerprint density at radius 1 is 1.35 bits per heavy atom. The second-order valence-corrected chi connectivity index (χ2v) is 6.05. The van der Waals surface area contributed by atoms with E-state index >= 15 is 0 Å². The van der Waals surface area contributed by atoms with Gasteiger partial charge in [-0.2, -0.15) is 0 Å².